The predicted octanol–water partition coefficient (Wildman–Crippen LogP) is 1.52. The van der Waals surface area contributed by atoms with Crippen molar-refractivity contribution in [2.75, 3.05) is 13.7 Å². The average molecular weight is 284 g/mol. The highest BCUT2D eigenvalue weighted by molar-refractivity contribution is 7.59. The van der Waals surface area contributed by atoms with Crippen molar-refractivity contribution in [2.24, 2.45) is 0 Å². The Labute approximate surface area is 120 Å². The summed E-state index contributed by atoms with van der Waals surface area (Å²) in [7, 11) is 2.07. The van der Waals surface area contributed by atoms with Crippen LogP contribution in [0.2, 0.25) is 0 Å². The molecule has 1 atom stereocenters. The molecule has 0 radical (unpaired) electrons. The molecule has 1 aromatic carbocycles. The van der Waals surface area contributed by atoms with Gasteiger partial charge in [-0.2, -0.15) is 13.5 Å². The maximum Gasteiger partial charge on any atom is 0.274 e. The number of nitrogens with zero attached hydrogens (tertiary/aromatic N) is 1. The van der Waals surface area contributed by atoms with Gasteiger partial charge in [0.25, 0.3) is 5.91 Å². The molecule has 106 valence electrons. The second-order valence-corrected chi connectivity index (χ2v) is 4.55. The second-order valence-electron chi connectivity index (χ2n) is 4.55. The Morgan fingerprint density at radius 3 is 2.95 bits per heavy atom. The molecule has 0 bridgehead atoms. The molecular weight excluding hydrogens is 264 g/mol. The molecule has 0 aliphatic carbocycles. The normalized spacial score (nSPS) is 18.6. The fourth-order valence-electron chi connectivity index (χ4n) is 2.17. The highest BCUT2D eigenvalue weighted by atomic mass is 32.1. The summed E-state index contributed by atoms with van der Waals surface area (Å²) in [5, 5.41) is 8.62. The molecule has 0 saturated heterocycles. The van der Waals surface area contributed by atoms with E-state index in [1.807, 2.05) is 6.07 Å². The van der Waals surface area contributed by atoms with Crippen LogP contribution in [0, 0.1) is 0 Å². The van der Waals surface area contributed by atoms with E-state index in [1.54, 1.807) is 17.6 Å². The van der Waals surface area contributed by atoms with Crippen molar-refractivity contribution in [1.29, 1.82) is 0 Å². The van der Waals surface area contributed by atoms with Gasteiger partial charge in [-0.25, -0.2) is 5.48 Å². The van der Waals surface area contributed by atoms with E-state index >= 15 is 0 Å². The number of hydroxylamine groups is 1. The number of amides is 1. The predicted molar refractivity (Wildman–Crippen MR) is 77.1 cm³/mol. The number of likely N-dealkylation sites (N-methyl/N-ethyl adjacent to an activating group) is 1. The second kappa shape index (κ2) is 6.79. The van der Waals surface area contributed by atoms with Gasteiger partial charge in [-0.15, -0.1) is 0 Å². The van der Waals surface area contributed by atoms with E-state index in [2.05, 4.69) is 18.9 Å². The van der Waals surface area contributed by atoms with E-state index in [4.69, 9.17) is 9.94 Å². The van der Waals surface area contributed by atoms with Crippen LogP contribution in [-0.2, 0) is 6.54 Å². The molecule has 0 spiro atoms. The van der Waals surface area contributed by atoms with Crippen molar-refractivity contribution in [3.8, 4) is 5.75 Å². The van der Waals surface area contributed by atoms with E-state index < -0.39 is 5.91 Å². The van der Waals surface area contributed by atoms with Gasteiger partial charge in [0.05, 0.1) is 0 Å². The van der Waals surface area contributed by atoms with E-state index in [-0.39, 0.29) is 13.5 Å². The highest BCUT2D eigenvalue weighted by Gasteiger charge is 2.21. The largest absolute Gasteiger partial charge is 0.492 e. The van der Waals surface area contributed by atoms with Crippen molar-refractivity contribution in [1.82, 2.24) is 10.4 Å². The Hall–Kier alpha value is -1.24. The molecule has 0 saturated carbocycles. The zero-order valence-corrected chi connectivity index (χ0v) is 12.1. The van der Waals surface area contributed by atoms with Crippen LogP contribution in [0.1, 0.15) is 29.3 Å². The van der Waals surface area contributed by atoms with Crippen molar-refractivity contribution >= 4 is 19.4 Å². The zero-order valence-electron chi connectivity index (χ0n) is 11.1. The first kappa shape index (κ1) is 15.8. The van der Waals surface area contributed by atoms with Gasteiger partial charge >= 0.3 is 0 Å². The first-order chi connectivity index (χ1) is 8.65. The third-order valence-corrected chi connectivity index (χ3v) is 3.38. The van der Waals surface area contributed by atoms with Crippen LogP contribution in [-0.4, -0.2) is 35.7 Å². The Kier molecular flexibility index (Phi) is 5.65. The summed E-state index contributed by atoms with van der Waals surface area (Å²) in [4.78, 5) is 13.6. The van der Waals surface area contributed by atoms with E-state index in [9.17, 15) is 4.79 Å². The number of rotatable bonds is 2. The number of ether oxygens (including phenoxy) is 1. The molecule has 1 aliphatic rings. The van der Waals surface area contributed by atoms with Crippen LogP contribution in [0.5, 0.6) is 5.75 Å². The summed E-state index contributed by atoms with van der Waals surface area (Å²) >= 11 is 0. The zero-order chi connectivity index (χ0) is 13.1. The summed E-state index contributed by atoms with van der Waals surface area (Å²) < 4.78 is 5.75. The summed E-state index contributed by atoms with van der Waals surface area (Å²) in [5.74, 6) is 0.199. The Morgan fingerprint density at radius 1 is 1.58 bits per heavy atom. The van der Waals surface area contributed by atoms with Crippen molar-refractivity contribution in [2.45, 2.75) is 25.9 Å². The summed E-state index contributed by atoms with van der Waals surface area (Å²) in [6.07, 6.45) is 1.02. The standard InChI is InChI=1S/C13H18N2O3.H2S/c1-3-11-8-18-12-6-9(13(16)14-17)4-5-10(12)7-15(11)2;/h4-6,11,17H,3,7-8H2,1-2H3,(H,14,16);1H2/t11-;/m0./s1. The first-order valence-corrected chi connectivity index (χ1v) is 6.06. The molecule has 1 heterocycles. The minimum absolute atomic E-state index is 0. The molecule has 19 heavy (non-hydrogen) atoms. The van der Waals surface area contributed by atoms with Crippen LogP contribution >= 0.6 is 13.5 Å². The summed E-state index contributed by atoms with van der Waals surface area (Å²) in [5.41, 5.74) is 3.08. The molecule has 0 fully saturated rings. The summed E-state index contributed by atoms with van der Waals surface area (Å²) in [6.45, 7) is 3.55. The lowest BCUT2D eigenvalue weighted by Gasteiger charge is -2.22. The van der Waals surface area contributed by atoms with Gasteiger partial charge in [0.15, 0.2) is 0 Å². The van der Waals surface area contributed by atoms with Gasteiger partial charge in [-0.05, 0) is 25.6 Å². The molecule has 1 amide bonds. The molecule has 1 aliphatic heterocycles. The summed E-state index contributed by atoms with van der Waals surface area (Å²) in [6, 6.07) is 5.61. The van der Waals surface area contributed by atoms with Gasteiger partial charge in [0.1, 0.15) is 12.4 Å². The molecule has 0 unspecified atom stereocenters. The lowest BCUT2D eigenvalue weighted by molar-refractivity contribution is 0.0706. The fraction of sp³-hybridized carbons (Fsp3) is 0.462. The van der Waals surface area contributed by atoms with Gasteiger partial charge in [-0.1, -0.05) is 13.0 Å². The number of nitrogens with one attached hydrogen (secondary N) is 1. The van der Waals surface area contributed by atoms with E-state index in [0.29, 0.717) is 18.2 Å². The number of benzene rings is 1. The molecule has 2 rings (SSSR count). The SMILES string of the molecule is CC[C@H]1COc2cc(C(=O)NO)ccc2CN1C.S. The molecule has 0 aromatic heterocycles. The lowest BCUT2D eigenvalue weighted by atomic mass is 10.1. The Morgan fingerprint density at radius 2 is 2.32 bits per heavy atom. The smallest absolute Gasteiger partial charge is 0.274 e. The molecule has 1 aromatic rings. The van der Waals surface area contributed by atoms with Crippen molar-refractivity contribution in [3.05, 3.63) is 29.3 Å². The minimum atomic E-state index is -0.522. The number of hydrogen-bond acceptors (Lipinski definition) is 4. The number of fused-ring (bicyclic) bond motifs is 1. The highest BCUT2D eigenvalue weighted by Crippen LogP contribution is 2.26. The fourth-order valence-corrected chi connectivity index (χ4v) is 2.17. The van der Waals surface area contributed by atoms with Gasteiger partial charge in [0.2, 0.25) is 0 Å². The van der Waals surface area contributed by atoms with Crippen molar-refractivity contribution < 1.29 is 14.7 Å². The number of carbonyl (C=O) groups excluding carboxylic acids is 1. The third kappa shape index (κ3) is 3.40. The van der Waals surface area contributed by atoms with Crippen LogP contribution in [0.3, 0.4) is 0 Å². The monoisotopic (exact) mass is 284 g/mol. The maximum absolute atomic E-state index is 11.3. The molecule has 6 heteroatoms. The van der Waals surface area contributed by atoms with Crippen molar-refractivity contribution in [3.63, 3.8) is 0 Å². The minimum Gasteiger partial charge on any atom is -0.492 e. The average Bonchev–Trinajstić information content (AvgIpc) is 2.55. The number of carbonyl (C=O) groups is 1. The van der Waals surface area contributed by atoms with Crippen LogP contribution in [0.4, 0.5) is 0 Å². The number of hydrogen-bond donors (Lipinski definition) is 2. The Balaban J connectivity index is 0.00000180. The molecule has 2 N–H and O–H groups in total. The topological polar surface area (TPSA) is 61.8 Å². The first-order valence-electron chi connectivity index (χ1n) is 6.06. The van der Waals surface area contributed by atoms with Gasteiger partial charge in [0, 0.05) is 23.7 Å². The van der Waals surface area contributed by atoms with Gasteiger partial charge in [-0.3, -0.25) is 14.9 Å². The quantitative estimate of drug-likeness (QED) is 0.638. The maximum atomic E-state index is 11.3. The lowest BCUT2D eigenvalue weighted by Crippen LogP contribution is -2.33. The van der Waals surface area contributed by atoms with Gasteiger partial charge < -0.3 is 4.74 Å². The molecule has 5 nitrogen and oxygen atoms in total. The van der Waals surface area contributed by atoms with E-state index in [1.165, 1.54) is 0 Å². The van der Waals surface area contributed by atoms with E-state index in [0.717, 1.165) is 24.3 Å². The van der Waals surface area contributed by atoms with Crippen LogP contribution in [0.15, 0.2) is 18.2 Å². The van der Waals surface area contributed by atoms with Crippen LogP contribution in [0.25, 0.3) is 0 Å². The Bertz CT molecular complexity index is 454. The van der Waals surface area contributed by atoms with Crippen LogP contribution < -0.4 is 10.2 Å². The molecular formula is C13H20N2O3S. The third-order valence-electron chi connectivity index (χ3n) is 3.38.